The number of ether oxygens (including phenoxy) is 2. The van der Waals surface area contributed by atoms with E-state index in [1.165, 1.54) is 21.1 Å². The Morgan fingerprint density at radius 3 is 2.44 bits per heavy atom. The van der Waals surface area contributed by atoms with Crippen molar-refractivity contribution >= 4 is 23.9 Å². The van der Waals surface area contributed by atoms with E-state index in [2.05, 4.69) is 10.6 Å². The van der Waals surface area contributed by atoms with Crippen LogP contribution in [0.3, 0.4) is 0 Å². The second kappa shape index (κ2) is 7.94. The van der Waals surface area contributed by atoms with E-state index in [-0.39, 0.29) is 0 Å². The number of rotatable bonds is 6. The van der Waals surface area contributed by atoms with Gasteiger partial charge in [0, 0.05) is 6.54 Å². The number of methoxy groups -OCH3 is 2. The van der Waals surface area contributed by atoms with Gasteiger partial charge in [0.2, 0.25) is 5.91 Å². The molecule has 1 heterocycles. The maximum atomic E-state index is 12.8. The Bertz CT molecular complexity index is 781. The number of imide groups is 2. The van der Waals surface area contributed by atoms with E-state index in [0.29, 0.717) is 23.6 Å². The molecule has 3 N–H and O–H groups in total. The average Bonchev–Trinajstić information content (AvgIpc) is 2.85. The number of amides is 6. The fraction of sp³-hybridized carbons (Fsp3) is 0.412. The molecule has 1 aliphatic rings. The molecule has 146 valence electrons. The highest BCUT2D eigenvalue weighted by Gasteiger charge is 2.49. The Balaban J connectivity index is 2.21. The Morgan fingerprint density at radius 1 is 1.19 bits per heavy atom. The topological polar surface area (TPSA) is 126 Å². The third-order valence-electron chi connectivity index (χ3n) is 4.13. The molecule has 1 saturated heterocycles. The SMILES string of the molecule is CCNC(=O)NC(=O)CN1C(=O)NC(C)(c2ccc(OC)c(OC)c2)C1=O. The van der Waals surface area contributed by atoms with E-state index in [0.717, 1.165) is 4.90 Å². The third kappa shape index (κ3) is 3.94. The van der Waals surface area contributed by atoms with Crippen LogP contribution in [0, 0.1) is 0 Å². The summed E-state index contributed by atoms with van der Waals surface area (Å²) in [4.78, 5) is 49.2. The van der Waals surface area contributed by atoms with Crippen LogP contribution in [0.25, 0.3) is 0 Å². The van der Waals surface area contributed by atoms with E-state index < -0.39 is 36.0 Å². The molecule has 0 saturated carbocycles. The first-order valence-electron chi connectivity index (χ1n) is 8.21. The van der Waals surface area contributed by atoms with E-state index in [9.17, 15) is 19.2 Å². The fourth-order valence-electron chi connectivity index (χ4n) is 2.70. The number of hydrogen-bond donors (Lipinski definition) is 3. The molecule has 1 atom stereocenters. The summed E-state index contributed by atoms with van der Waals surface area (Å²) in [7, 11) is 2.94. The summed E-state index contributed by atoms with van der Waals surface area (Å²) in [5.41, 5.74) is -0.923. The van der Waals surface area contributed by atoms with Crippen molar-refractivity contribution in [2.24, 2.45) is 0 Å². The molecule has 1 aromatic rings. The first-order chi connectivity index (χ1) is 12.8. The van der Waals surface area contributed by atoms with Crippen LogP contribution in [0.4, 0.5) is 9.59 Å². The summed E-state index contributed by atoms with van der Waals surface area (Å²) in [5, 5.41) is 7.02. The predicted octanol–water partition coefficient (Wildman–Crippen LogP) is 0.317. The summed E-state index contributed by atoms with van der Waals surface area (Å²) < 4.78 is 10.4. The van der Waals surface area contributed by atoms with E-state index in [1.807, 2.05) is 5.32 Å². The van der Waals surface area contributed by atoms with Gasteiger partial charge in [-0.15, -0.1) is 0 Å². The van der Waals surface area contributed by atoms with E-state index in [4.69, 9.17) is 9.47 Å². The number of carbonyl (C=O) groups is 4. The second-order valence-corrected chi connectivity index (χ2v) is 5.92. The standard InChI is InChI=1S/C17H22N4O6/c1-5-18-15(24)19-13(22)9-21-14(23)17(2,20-16(21)25)10-6-7-11(26-3)12(8-10)27-4/h6-8H,5,9H2,1-4H3,(H,20,25)(H2,18,19,22,24). The van der Waals surface area contributed by atoms with Gasteiger partial charge >= 0.3 is 12.1 Å². The highest BCUT2D eigenvalue weighted by Crippen LogP contribution is 2.35. The van der Waals surface area contributed by atoms with Crippen LogP contribution >= 0.6 is 0 Å². The van der Waals surface area contributed by atoms with Gasteiger partial charge in [0.1, 0.15) is 12.1 Å². The van der Waals surface area contributed by atoms with Crippen molar-refractivity contribution in [2.45, 2.75) is 19.4 Å². The monoisotopic (exact) mass is 378 g/mol. The van der Waals surface area contributed by atoms with Crippen molar-refractivity contribution < 1.29 is 28.7 Å². The molecule has 0 radical (unpaired) electrons. The number of hydrogen-bond acceptors (Lipinski definition) is 6. The van der Waals surface area contributed by atoms with E-state index in [1.54, 1.807) is 25.1 Å². The molecule has 0 aromatic heterocycles. The lowest BCUT2D eigenvalue weighted by Crippen LogP contribution is -2.46. The second-order valence-electron chi connectivity index (χ2n) is 5.92. The zero-order chi connectivity index (χ0) is 20.2. The van der Waals surface area contributed by atoms with Gasteiger partial charge in [-0.1, -0.05) is 6.07 Å². The molecule has 0 spiro atoms. The zero-order valence-corrected chi connectivity index (χ0v) is 15.5. The van der Waals surface area contributed by atoms with Gasteiger partial charge in [-0.3, -0.25) is 19.8 Å². The molecule has 1 aliphatic heterocycles. The summed E-state index contributed by atoms with van der Waals surface area (Å²) in [6.07, 6.45) is 0. The molecule has 2 rings (SSSR count). The lowest BCUT2D eigenvalue weighted by atomic mass is 9.91. The van der Waals surface area contributed by atoms with Crippen LogP contribution in [-0.2, 0) is 15.1 Å². The molecule has 27 heavy (non-hydrogen) atoms. The molecule has 6 amide bonds. The van der Waals surface area contributed by atoms with Gasteiger partial charge in [-0.25, -0.2) is 9.59 Å². The third-order valence-corrected chi connectivity index (χ3v) is 4.13. The van der Waals surface area contributed by atoms with Gasteiger partial charge in [-0.05, 0) is 31.5 Å². The van der Waals surface area contributed by atoms with Gasteiger partial charge < -0.3 is 20.1 Å². The molecule has 0 aliphatic carbocycles. The molecule has 1 unspecified atom stereocenters. The lowest BCUT2D eigenvalue weighted by Gasteiger charge is -2.23. The highest BCUT2D eigenvalue weighted by molar-refractivity contribution is 6.10. The van der Waals surface area contributed by atoms with Gasteiger partial charge in [0.05, 0.1) is 14.2 Å². The Morgan fingerprint density at radius 2 is 1.85 bits per heavy atom. The molecule has 10 heteroatoms. The Hall–Kier alpha value is -3.30. The summed E-state index contributed by atoms with van der Waals surface area (Å²) in [5.74, 6) is -0.530. The molecule has 1 fully saturated rings. The Labute approximate surface area is 156 Å². The molecular weight excluding hydrogens is 356 g/mol. The van der Waals surface area contributed by atoms with Crippen molar-refractivity contribution in [1.29, 1.82) is 0 Å². The molecule has 10 nitrogen and oxygen atoms in total. The smallest absolute Gasteiger partial charge is 0.325 e. The zero-order valence-electron chi connectivity index (χ0n) is 15.5. The number of carbonyl (C=O) groups excluding carboxylic acids is 4. The largest absolute Gasteiger partial charge is 0.493 e. The average molecular weight is 378 g/mol. The van der Waals surface area contributed by atoms with Crippen LogP contribution in [0.2, 0.25) is 0 Å². The van der Waals surface area contributed by atoms with Gasteiger partial charge in [-0.2, -0.15) is 0 Å². The van der Waals surface area contributed by atoms with Crippen molar-refractivity contribution in [3.63, 3.8) is 0 Å². The number of nitrogens with zero attached hydrogens (tertiary/aromatic N) is 1. The van der Waals surface area contributed by atoms with Crippen LogP contribution in [0.1, 0.15) is 19.4 Å². The van der Waals surface area contributed by atoms with E-state index >= 15 is 0 Å². The van der Waals surface area contributed by atoms with Crippen LogP contribution in [-0.4, -0.2) is 56.1 Å². The number of urea groups is 2. The Kier molecular flexibility index (Phi) is 5.88. The minimum atomic E-state index is -1.39. The highest BCUT2D eigenvalue weighted by atomic mass is 16.5. The first kappa shape index (κ1) is 20.0. The number of nitrogens with one attached hydrogen (secondary N) is 3. The van der Waals surface area contributed by atoms with Crippen molar-refractivity contribution in [1.82, 2.24) is 20.9 Å². The van der Waals surface area contributed by atoms with Crippen LogP contribution in [0.15, 0.2) is 18.2 Å². The minimum Gasteiger partial charge on any atom is -0.493 e. The van der Waals surface area contributed by atoms with Crippen molar-refractivity contribution in [3.8, 4) is 11.5 Å². The normalized spacial score (nSPS) is 18.7. The quantitative estimate of drug-likeness (QED) is 0.612. The van der Waals surface area contributed by atoms with Crippen molar-refractivity contribution in [2.75, 3.05) is 27.3 Å². The van der Waals surface area contributed by atoms with Gasteiger partial charge in [0.15, 0.2) is 11.5 Å². The maximum absolute atomic E-state index is 12.8. The van der Waals surface area contributed by atoms with Crippen molar-refractivity contribution in [3.05, 3.63) is 23.8 Å². The lowest BCUT2D eigenvalue weighted by molar-refractivity contribution is -0.134. The predicted molar refractivity (Wildman–Crippen MR) is 94.4 cm³/mol. The van der Waals surface area contributed by atoms with Gasteiger partial charge in [0.25, 0.3) is 5.91 Å². The van der Waals surface area contributed by atoms with Crippen LogP contribution in [0.5, 0.6) is 11.5 Å². The summed E-state index contributed by atoms with van der Waals surface area (Å²) >= 11 is 0. The minimum absolute atomic E-state index is 0.333. The molecule has 1 aromatic carbocycles. The molecular formula is C17H22N4O6. The summed E-state index contributed by atoms with van der Waals surface area (Å²) in [6, 6.07) is 3.39. The molecule has 0 bridgehead atoms. The first-order valence-corrected chi connectivity index (χ1v) is 8.21. The number of benzene rings is 1. The fourth-order valence-corrected chi connectivity index (χ4v) is 2.70. The van der Waals surface area contributed by atoms with Crippen LogP contribution < -0.4 is 25.4 Å². The maximum Gasteiger partial charge on any atom is 0.325 e. The summed E-state index contributed by atoms with van der Waals surface area (Å²) in [6.45, 7) is 2.97.